The van der Waals surface area contributed by atoms with E-state index >= 15 is 0 Å². The number of nitrogens with one attached hydrogen (secondary N) is 2. The van der Waals surface area contributed by atoms with Crippen molar-refractivity contribution in [2.75, 3.05) is 0 Å². The fourth-order valence-corrected chi connectivity index (χ4v) is 2.82. The molecule has 0 atom stereocenters. The van der Waals surface area contributed by atoms with Crippen molar-refractivity contribution in [1.82, 2.24) is 15.8 Å². The van der Waals surface area contributed by atoms with E-state index < -0.39 is 11.6 Å². The maximum atomic E-state index is 12.4. The third-order valence-electron chi connectivity index (χ3n) is 4.05. The number of hydrazine groups is 1. The zero-order chi connectivity index (χ0) is 14.8. The van der Waals surface area contributed by atoms with Gasteiger partial charge in [-0.25, -0.2) is 4.79 Å². The molecule has 1 saturated carbocycles. The lowest BCUT2D eigenvalue weighted by Gasteiger charge is -2.30. The van der Waals surface area contributed by atoms with Crippen molar-refractivity contribution in [3.63, 3.8) is 0 Å². The van der Waals surface area contributed by atoms with E-state index in [1.165, 1.54) is 0 Å². The van der Waals surface area contributed by atoms with Crippen LogP contribution in [0.4, 0.5) is 4.79 Å². The molecular weight excluding hydrogens is 258 g/mol. The first kappa shape index (κ1) is 14.8. The molecule has 1 aliphatic heterocycles. The molecule has 2 rings (SSSR count). The van der Waals surface area contributed by atoms with Crippen LogP contribution in [0, 0.1) is 5.92 Å². The summed E-state index contributed by atoms with van der Waals surface area (Å²) in [6.07, 6.45) is 5.34. The molecule has 6 heteroatoms. The van der Waals surface area contributed by atoms with E-state index in [-0.39, 0.29) is 11.8 Å². The lowest BCUT2D eigenvalue weighted by Crippen LogP contribution is -2.50. The Kier molecular flexibility index (Phi) is 4.30. The van der Waals surface area contributed by atoms with Gasteiger partial charge in [0.05, 0.1) is 0 Å². The van der Waals surface area contributed by atoms with Gasteiger partial charge in [-0.05, 0) is 25.2 Å². The number of carbonyl (C=O) groups is 3. The van der Waals surface area contributed by atoms with Gasteiger partial charge in [-0.15, -0.1) is 0 Å². The second-order valence-electron chi connectivity index (χ2n) is 6.18. The van der Waals surface area contributed by atoms with Crippen molar-refractivity contribution in [2.24, 2.45) is 5.92 Å². The van der Waals surface area contributed by atoms with Crippen molar-refractivity contribution in [1.29, 1.82) is 0 Å². The van der Waals surface area contributed by atoms with Crippen LogP contribution in [0.25, 0.3) is 0 Å². The van der Waals surface area contributed by atoms with Crippen LogP contribution >= 0.6 is 0 Å². The van der Waals surface area contributed by atoms with Gasteiger partial charge in [0, 0.05) is 6.42 Å². The summed E-state index contributed by atoms with van der Waals surface area (Å²) in [4.78, 5) is 36.1. The molecule has 2 N–H and O–H groups in total. The molecule has 2 fully saturated rings. The normalized spacial score (nSPS) is 21.4. The molecule has 20 heavy (non-hydrogen) atoms. The summed E-state index contributed by atoms with van der Waals surface area (Å²) in [5, 5.41) is 3.63. The molecule has 0 aromatic rings. The van der Waals surface area contributed by atoms with Gasteiger partial charge in [-0.2, -0.15) is 5.01 Å². The highest BCUT2D eigenvalue weighted by molar-refractivity contribution is 6.07. The van der Waals surface area contributed by atoms with Gasteiger partial charge >= 0.3 is 6.03 Å². The summed E-state index contributed by atoms with van der Waals surface area (Å²) < 4.78 is 0. The monoisotopic (exact) mass is 281 g/mol. The summed E-state index contributed by atoms with van der Waals surface area (Å²) in [6.45, 7) is 4.05. The molecule has 0 aromatic carbocycles. The molecule has 1 heterocycles. The Hall–Kier alpha value is -1.59. The van der Waals surface area contributed by atoms with E-state index in [2.05, 4.69) is 10.7 Å². The number of carbonyl (C=O) groups excluding carboxylic acids is 3. The van der Waals surface area contributed by atoms with Crippen LogP contribution in [0.1, 0.15) is 58.8 Å². The number of rotatable bonds is 4. The lowest BCUT2D eigenvalue weighted by molar-refractivity contribution is -0.140. The minimum absolute atomic E-state index is 0.282. The van der Waals surface area contributed by atoms with E-state index in [4.69, 9.17) is 0 Å². The van der Waals surface area contributed by atoms with Crippen LogP contribution in [0.5, 0.6) is 0 Å². The number of hydrogen-bond acceptors (Lipinski definition) is 3. The molecule has 6 nitrogen and oxygen atoms in total. The minimum Gasteiger partial charge on any atom is -0.322 e. The molecule has 0 aromatic heterocycles. The van der Waals surface area contributed by atoms with Gasteiger partial charge in [0.2, 0.25) is 5.91 Å². The largest absolute Gasteiger partial charge is 0.344 e. The Labute approximate surface area is 119 Å². The van der Waals surface area contributed by atoms with E-state index in [9.17, 15) is 14.4 Å². The van der Waals surface area contributed by atoms with Gasteiger partial charge in [-0.1, -0.05) is 33.1 Å². The van der Waals surface area contributed by atoms with E-state index in [0.29, 0.717) is 25.2 Å². The van der Waals surface area contributed by atoms with Gasteiger partial charge in [0.15, 0.2) is 0 Å². The van der Waals surface area contributed by atoms with Crippen molar-refractivity contribution in [3.05, 3.63) is 0 Å². The number of amides is 4. The van der Waals surface area contributed by atoms with Crippen LogP contribution in [0.3, 0.4) is 0 Å². The Morgan fingerprint density at radius 3 is 2.55 bits per heavy atom. The summed E-state index contributed by atoms with van der Waals surface area (Å²) in [5.41, 5.74) is 1.66. The van der Waals surface area contributed by atoms with Gasteiger partial charge in [-0.3, -0.25) is 15.0 Å². The fourth-order valence-electron chi connectivity index (χ4n) is 2.82. The SMILES string of the molecule is CC(C)CCC(=O)NN1C(=O)NC2(CCCCC2)C1=O. The lowest BCUT2D eigenvalue weighted by atomic mass is 9.82. The second-order valence-corrected chi connectivity index (χ2v) is 6.18. The van der Waals surface area contributed by atoms with Crippen LogP contribution in [0.2, 0.25) is 0 Å². The number of hydrogen-bond donors (Lipinski definition) is 2. The average molecular weight is 281 g/mol. The predicted octanol–water partition coefficient (Wildman–Crippen LogP) is 1.71. The van der Waals surface area contributed by atoms with Crippen molar-refractivity contribution < 1.29 is 14.4 Å². The van der Waals surface area contributed by atoms with E-state index in [1.54, 1.807) is 0 Å². The summed E-state index contributed by atoms with van der Waals surface area (Å²) >= 11 is 0. The summed E-state index contributed by atoms with van der Waals surface area (Å²) in [7, 11) is 0. The van der Waals surface area contributed by atoms with Crippen LogP contribution in [-0.4, -0.2) is 28.4 Å². The van der Waals surface area contributed by atoms with Crippen LogP contribution < -0.4 is 10.7 Å². The van der Waals surface area contributed by atoms with E-state index in [1.807, 2.05) is 13.8 Å². The topological polar surface area (TPSA) is 78.5 Å². The first-order valence-electron chi connectivity index (χ1n) is 7.41. The number of urea groups is 1. The summed E-state index contributed by atoms with van der Waals surface area (Å²) in [5.74, 6) is -0.177. The van der Waals surface area contributed by atoms with Crippen LogP contribution in [-0.2, 0) is 9.59 Å². The number of imide groups is 1. The Morgan fingerprint density at radius 1 is 1.30 bits per heavy atom. The Bertz CT molecular complexity index is 414. The Morgan fingerprint density at radius 2 is 1.95 bits per heavy atom. The third kappa shape index (κ3) is 2.94. The minimum atomic E-state index is -0.777. The zero-order valence-electron chi connectivity index (χ0n) is 12.2. The molecule has 2 aliphatic rings. The quantitative estimate of drug-likeness (QED) is 0.770. The standard InChI is InChI=1S/C14H23N3O3/c1-10(2)6-7-11(18)16-17-12(19)14(15-13(17)20)8-4-3-5-9-14/h10H,3-9H2,1-2H3,(H,15,20)(H,16,18). The fraction of sp³-hybridized carbons (Fsp3) is 0.786. The molecule has 0 unspecified atom stereocenters. The second kappa shape index (κ2) is 5.81. The molecular formula is C14H23N3O3. The average Bonchev–Trinajstić information content (AvgIpc) is 2.62. The first-order chi connectivity index (χ1) is 9.44. The third-order valence-corrected chi connectivity index (χ3v) is 4.05. The zero-order valence-corrected chi connectivity index (χ0v) is 12.2. The molecule has 0 radical (unpaired) electrons. The molecule has 1 aliphatic carbocycles. The van der Waals surface area contributed by atoms with Gasteiger partial charge < -0.3 is 5.32 Å². The van der Waals surface area contributed by atoms with Crippen LogP contribution in [0.15, 0.2) is 0 Å². The maximum Gasteiger partial charge on any atom is 0.344 e. The van der Waals surface area contributed by atoms with Gasteiger partial charge in [0.1, 0.15) is 5.54 Å². The molecule has 0 bridgehead atoms. The summed E-state index contributed by atoms with van der Waals surface area (Å²) in [6, 6.07) is -0.505. The van der Waals surface area contributed by atoms with Crippen molar-refractivity contribution >= 4 is 17.8 Å². The molecule has 112 valence electrons. The van der Waals surface area contributed by atoms with E-state index in [0.717, 1.165) is 30.7 Å². The smallest absolute Gasteiger partial charge is 0.322 e. The Balaban J connectivity index is 1.97. The highest BCUT2D eigenvalue weighted by atomic mass is 16.2. The van der Waals surface area contributed by atoms with Gasteiger partial charge in [0.25, 0.3) is 5.91 Å². The highest BCUT2D eigenvalue weighted by Gasteiger charge is 2.52. The van der Waals surface area contributed by atoms with Crippen molar-refractivity contribution in [3.8, 4) is 0 Å². The number of nitrogens with zero attached hydrogens (tertiary/aromatic N) is 1. The highest BCUT2D eigenvalue weighted by Crippen LogP contribution is 2.32. The maximum absolute atomic E-state index is 12.4. The molecule has 4 amide bonds. The first-order valence-corrected chi connectivity index (χ1v) is 7.41. The molecule has 1 spiro atoms. The predicted molar refractivity (Wildman–Crippen MR) is 73.4 cm³/mol. The molecule has 1 saturated heterocycles. The van der Waals surface area contributed by atoms with Crippen molar-refractivity contribution in [2.45, 2.75) is 64.3 Å².